The molecule has 4 N–H and O–H groups in total. The number of nitrogens with two attached hydrogens (primary N) is 1. The molecule has 8 nitrogen and oxygen atoms in total. The Morgan fingerprint density at radius 3 is 2.68 bits per heavy atom. The molecule has 3 rings (SSSR count). The van der Waals surface area contributed by atoms with Crippen molar-refractivity contribution >= 4 is 34.9 Å². The lowest BCUT2D eigenvalue weighted by Crippen LogP contribution is -2.24. The Balaban J connectivity index is 2.08. The van der Waals surface area contributed by atoms with Crippen molar-refractivity contribution in [3.63, 3.8) is 0 Å². The molecule has 31 heavy (non-hydrogen) atoms. The molecule has 0 unspecified atom stereocenters. The van der Waals surface area contributed by atoms with Crippen molar-refractivity contribution in [1.29, 1.82) is 10.8 Å². The fourth-order valence-electron chi connectivity index (χ4n) is 3.05. The average molecular weight is 421 g/mol. The normalized spacial score (nSPS) is 12.7. The second kappa shape index (κ2) is 9.31. The summed E-state index contributed by atoms with van der Waals surface area (Å²) in [6.07, 6.45) is 4.33. The molecule has 160 valence electrons. The maximum atomic E-state index is 14.2. The first kappa shape index (κ1) is 21.8. The number of halogens is 1. The summed E-state index contributed by atoms with van der Waals surface area (Å²) >= 11 is 0. The van der Waals surface area contributed by atoms with Gasteiger partial charge in [0.2, 0.25) is 5.90 Å². The molecule has 0 saturated carbocycles. The van der Waals surface area contributed by atoms with Gasteiger partial charge in [-0.15, -0.1) is 0 Å². The third-order valence-electron chi connectivity index (χ3n) is 4.58. The van der Waals surface area contributed by atoms with E-state index in [1.54, 1.807) is 47.1 Å². The number of nitrogens with one attached hydrogen (secondary N) is 2. The van der Waals surface area contributed by atoms with Gasteiger partial charge in [-0.3, -0.25) is 9.81 Å². The van der Waals surface area contributed by atoms with Crippen LogP contribution in [0.1, 0.15) is 16.8 Å². The summed E-state index contributed by atoms with van der Waals surface area (Å²) in [6.45, 7) is 0.445. The van der Waals surface area contributed by atoms with Gasteiger partial charge in [-0.1, -0.05) is 12.1 Å². The first-order valence-corrected chi connectivity index (χ1v) is 9.43. The number of amidine groups is 1. The van der Waals surface area contributed by atoms with Gasteiger partial charge in [0.15, 0.2) is 5.84 Å². The Labute approximate surface area is 179 Å². The van der Waals surface area contributed by atoms with E-state index in [4.69, 9.17) is 21.3 Å². The zero-order chi connectivity index (χ0) is 22.5. The zero-order valence-electron chi connectivity index (χ0n) is 17.6. The molecule has 0 bridgehead atoms. The molecular weight excluding hydrogens is 397 g/mol. The van der Waals surface area contributed by atoms with Crippen molar-refractivity contribution in [1.82, 2.24) is 14.3 Å². The number of benzene rings is 1. The average Bonchev–Trinajstić information content (AvgIpc) is 3.17. The Morgan fingerprint density at radius 2 is 2.03 bits per heavy atom. The minimum Gasteiger partial charge on any atom is -0.483 e. The van der Waals surface area contributed by atoms with Gasteiger partial charge in [0.1, 0.15) is 17.2 Å². The van der Waals surface area contributed by atoms with Crippen molar-refractivity contribution < 1.29 is 9.13 Å². The third kappa shape index (κ3) is 4.67. The van der Waals surface area contributed by atoms with E-state index < -0.39 is 5.82 Å². The Hall–Kier alpha value is -3.85. The molecule has 0 amide bonds. The summed E-state index contributed by atoms with van der Waals surface area (Å²) < 4.78 is 21.2. The number of fused-ring (bicyclic) bond motifs is 1. The highest BCUT2D eigenvalue weighted by molar-refractivity contribution is 6.17. The molecule has 0 saturated heterocycles. The summed E-state index contributed by atoms with van der Waals surface area (Å²) in [6, 6.07) is 9.64. The number of methoxy groups -OCH3 is 1. The van der Waals surface area contributed by atoms with Gasteiger partial charge in [-0.25, -0.2) is 9.37 Å². The molecule has 2 heterocycles. The molecule has 3 aromatic rings. The molecule has 9 heteroatoms. The second-order valence-corrected chi connectivity index (χ2v) is 7.04. The summed E-state index contributed by atoms with van der Waals surface area (Å²) in [5.74, 6) is -0.0939. The number of aromatic nitrogens is 2. The molecule has 0 aliphatic rings. The molecule has 0 fully saturated rings. The van der Waals surface area contributed by atoms with E-state index in [-0.39, 0.29) is 17.1 Å². The number of imidazole rings is 1. The number of ether oxygens (including phenoxy) is 1. The Morgan fingerprint density at radius 1 is 1.29 bits per heavy atom. The van der Waals surface area contributed by atoms with Crippen LogP contribution in [0.25, 0.3) is 16.9 Å². The van der Waals surface area contributed by atoms with Crippen LogP contribution < -0.4 is 5.73 Å². The van der Waals surface area contributed by atoms with Crippen LogP contribution in [0.4, 0.5) is 4.39 Å². The molecule has 0 radical (unpaired) electrons. The van der Waals surface area contributed by atoms with Crippen molar-refractivity contribution in [2.45, 2.75) is 0 Å². The number of pyridine rings is 1. The number of hydrogen-bond donors (Lipinski definition) is 3. The molecule has 0 aliphatic carbocycles. The zero-order valence-corrected chi connectivity index (χ0v) is 17.6. The van der Waals surface area contributed by atoms with Gasteiger partial charge in [-0.2, -0.15) is 4.99 Å². The Bertz CT molecular complexity index is 1190. The van der Waals surface area contributed by atoms with Crippen LogP contribution in [0.5, 0.6) is 0 Å². The molecule has 0 spiro atoms. The maximum absolute atomic E-state index is 14.2. The van der Waals surface area contributed by atoms with Crippen molar-refractivity contribution in [2.75, 3.05) is 27.7 Å². The predicted molar refractivity (Wildman–Crippen MR) is 121 cm³/mol. The molecule has 2 aromatic heterocycles. The van der Waals surface area contributed by atoms with Crippen LogP contribution in [0, 0.1) is 16.6 Å². The minimum atomic E-state index is -0.465. The summed E-state index contributed by atoms with van der Waals surface area (Å²) in [7, 11) is 5.27. The summed E-state index contributed by atoms with van der Waals surface area (Å²) in [5.41, 5.74) is 8.55. The van der Waals surface area contributed by atoms with E-state index in [0.717, 1.165) is 6.21 Å². The first-order chi connectivity index (χ1) is 14.8. The van der Waals surface area contributed by atoms with Gasteiger partial charge in [0, 0.05) is 29.1 Å². The number of aliphatic imine (C=N–C) groups is 1. The van der Waals surface area contributed by atoms with Gasteiger partial charge in [0.25, 0.3) is 0 Å². The second-order valence-electron chi connectivity index (χ2n) is 7.04. The lowest BCUT2D eigenvalue weighted by atomic mass is 10.0. The van der Waals surface area contributed by atoms with Gasteiger partial charge < -0.3 is 20.8 Å². The SMILES string of the molecule is COC(CN(C)C)=NC(=N)c1cnc2ccc(C(C=N)=C(N)c3ccccc3F)cn12. The lowest BCUT2D eigenvalue weighted by Gasteiger charge is -2.12. The van der Waals surface area contributed by atoms with Crippen LogP contribution in [-0.4, -0.2) is 60.0 Å². The van der Waals surface area contributed by atoms with Crippen LogP contribution in [0.3, 0.4) is 0 Å². The smallest absolute Gasteiger partial charge is 0.204 e. The first-order valence-electron chi connectivity index (χ1n) is 9.43. The molecule has 0 atom stereocenters. The standard InChI is InChI=1S/C22H24FN7O/c1-29(2)13-20(31-3)28-22(26)18-11-27-19-9-8-14(12-30(18)19)16(10-24)21(25)15-6-4-5-7-17(15)23/h4-12,24,26H,13,25H2,1-3H3. The molecule has 0 aliphatic heterocycles. The number of likely N-dealkylation sites (N-methyl/N-ethyl adjacent to an activating group) is 1. The summed E-state index contributed by atoms with van der Waals surface area (Å²) in [5, 5.41) is 16.2. The predicted octanol–water partition coefficient (Wildman–Crippen LogP) is 2.88. The summed E-state index contributed by atoms with van der Waals surface area (Å²) in [4.78, 5) is 10.5. The van der Waals surface area contributed by atoms with Crippen molar-refractivity contribution in [3.05, 3.63) is 71.4 Å². The van der Waals surface area contributed by atoms with Crippen LogP contribution in [-0.2, 0) is 4.74 Å². The van der Waals surface area contributed by atoms with E-state index in [2.05, 4.69) is 9.98 Å². The van der Waals surface area contributed by atoms with E-state index >= 15 is 0 Å². The third-order valence-corrected chi connectivity index (χ3v) is 4.58. The minimum absolute atomic E-state index is 0.0224. The highest BCUT2D eigenvalue weighted by atomic mass is 19.1. The van der Waals surface area contributed by atoms with Crippen LogP contribution in [0.2, 0.25) is 0 Å². The van der Waals surface area contributed by atoms with Crippen LogP contribution >= 0.6 is 0 Å². The van der Waals surface area contributed by atoms with E-state index in [0.29, 0.717) is 34.9 Å². The lowest BCUT2D eigenvalue weighted by molar-refractivity contribution is 0.357. The van der Waals surface area contributed by atoms with E-state index in [1.807, 2.05) is 19.0 Å². The quantitative estimate of drug-likeness (QED) is 0.419. The monoisotopic (exact) mass is 421 g/mol. The fourth-order valence-corrected chi connectivity index (χ4v) is 3.05. The van der Waals surface area contributed by atoms with Gasteiger partial charge in [0.05, 0.1) is 25.5 Å². The Kier molecular flexibility index (Phi) is 6.56. The highest BCUT2D eigenvalue weighted by Gasteiger charge is 2.14. The number of rotatable bonds is 6. The fraction of sp³-hybridized carbons (Fsp3) is 0.182. The van der Waals surface area contributed by atoms with E-state index in [9.17, 15) is 4.39 Å². The van der Waals surface area contributed by atoms with E-state index in [1.165, 1.54) is 13.2 Å². The molecule has 1 aromatic carbocycles. The van der Waals surface area contributed by atoms with Gasteiger partial charge >= 0.3 is 0 Å². The van der Waals surface area contributed by atoms with Crippen molar-refractivity contribution in [3.8, 4) is 0 Å². The van der Waals surface area contributed by atoms with Gasteiger partial charge in [-0.05, 0) is 38.4 Å². The maximum Gasteiger partial charge on any atom is 0.204 e. The number of allylic oxidation sites excluding steroid dienone is 1. The van der Waals surface area contributed by atoms with Crippen LogP contribution in [0.15, 0.2) is 53.8 Å². The highest BCUT2D eigenvalue weighted by Crippen LogP contribution is 2.24. The van der Waals surface area contributed by atoms with Crippen molar-refractivity contribution in [2.24, 2.45) is 10.7 Å². The topological polar surface area (TPSA) is 116 Å². The number of nitrogens with zero attached hydrogens (tertiary/aromatic N) is 4. The largest absolute Gasteiger partial charge is 0.483 e. The number of hydrogen-bond acceptors (Lipinski definition) is 6. The molecular formula is C22H24FN7O.